The molecule has 5 unspecified atom stereocenters. The molecule has 4 aliphatic rings. The Bertz CT molecular complexity index is 559. The number of hydrogen-bond acceptors (Lipinski definition) is 3. The van der Waals surface area contributed by atoms with Crippen molar-refractivity contribution in [3.63, 3.8) is 0 Å². The fourth-order valence-corrected chi connectivity index (χ4v) is 4.16. The Labute approximate surface area is 208 Å². The molecule has 0 N–H and O–H groups in total. The summed E-state index contributed by atoms with van der Waals surface area (Å²) in [7, 11) is 0. The maximum atomic E-state index is 5.54. The van der Waals surface area contributed by atoms with Gasteiger partial charge >= 0.3 is 0 Å². The Morgan fingerprint density at radius 1 is 0.697 bits per heavy atom. The van der Waals surface area contributed by atoms with E-state index in [1.165, 1.54) is 19.3 Å². The predicted octanol–water partition coefficient (Wildman–Crippen LogP) is 8.54. The van der Waals surface area contributed by atoms with Crippen LogP contribution in [0.15, 0.2) is 0 Å². The number of rotatable bonds is 2. The second-order valence-corrected chi connectivity index (χ2v) is 15.7. The molecule has 0 aromatic rings. The number of epoxide rings is 3. The molecule has 3 heterocycles. The highest BCUT2D eigenvalue weighted by molar-refractivity contribution is 4.95. The molecule has 3 aliphatic heterocycles. The van der Waals surface area contributed by atoms with Crippen LogP contribution in [-0.4, -0.2) is 37.1 Å². The molecule has 198 valence electrons. The van der Waals surface area contributed by atoms with Crippen molar-refractivity contribution in [2.45, 2.75) is 154 Å². The van der Waals surface area contributed by atoms with Crippen molar-refractivity contribution in [3.05, 3.63) is 0 Å². The van der Waals surface area contributed by atoms with Gasteiger partial charge in [-0.2, -0.15) is 0 Å². The van der Waals surface area contributed by atoms with Crippen LogP contribution in [0, 0.1) is 33.5 Å². The second-order valence-electron chi connectivity index (χ2n) is 15.7. The van der Waals surface area contributed by atoms with Crippen LogP contribution in [0.2, 0.25) is 0 Å². The van der Waals surface area contributed by atoms with E-state index in [1.807, 2.05) is 0 Å². The van der Waals surface area contributed by atoms with Gasteiger partial charge in [-0.1, -0.05) is 110 Å². The van der Waals surface area contributed by atoms with Crippen molar-refractivity contribution < 1.29 is 14.2 Å². The van der Waals surface area contributed by atoms with E-state index in [4.69, 9.17) is 14.2 Å². The first-order valence-electron chi connectivity index (χ1n) is 13.6. The summed E-state index contributed by atoms with van der Waals surface area (Å²) in [5.41, 5.74) is 1.68. The van der Waals surface area contributed by atoms with Crippen LogP contribution in [-0.2, 0) is 14.2 Å². The lowest BCUT2D eigenvalue weighted by atomic mass is 9.87. The smallest absolute Gasteiger partial charge is 0.0892 e. The fourth-order valence-electron chi connectivity index (χ4n) is 4.16. The summed E-state index contributed by atoms with van der Waals surface area (Å²) in [6.45, 7) is 34.4. The lowest BCUT2D eigenvalue weighted by molar-refractivity contribution is 0.256. The average Bonchev–Trinajstić information content (AvgIpc) is 3.37. The minimum atomic E-state index is 0.342. The summed E-state index contributed by atoms with van der Waals surface area (Å²) in [6, 6.07) is 0. The Kier molecular flexibility index (Phi) is 10.6. The minimum absolute atomic E-state index is 0.342. The first-order chi connectivity index (χ1) is 14.6. The van der Waals surface area contributed by atoms with Gasteiger partial charge in [0.05, 0.1) is 37.1 Å². The van der Waals surface area contributed by atoms with Crippen LogP contribution in [0.4, 0.5) is 0 Å². The molecule has 1 saturated carbocycles. The average molecular weight is 469 g/mol. The molecule has 4 fully saturated rings. The normalized spacial score (nSPS) is 30.7. The lowest BCUT2D eigenvalue weighted by Crippen LogP contribution is -2.18. The van der Waals surface area contributed by atoms with Crippen molar-refractivity contribution in [2.24, 2.45) is 33.5 Å². The molecule has 4 rings (SSSR count). The molecular formula is C30H60O3. The summed E-state index contributed by atoms with van der Waals surface area (Å²) in [4.78, 5) is 0. The van der Waals surface area contributed by atoms with Crippen LogP contribution in [0.5, 0.6) is 0 Å². The van der Waals surface area contributed by atoms with Crippen molar-refractivity contribution in [2.75, 3.05) is 6.61 Å². The summed E-state index contributed by atoms with van der Waals surface area (Å²) < 4.78 is 15.9. The van der Waals surface area contributed by atoms with Gasteiger partial charge in [-0.15, -0.1) is 0 Å². The van der Waals surface area contributed by atoms with Gasteiger partial charge in [-0.05, 0) is 46.8 Å². The zero-order chi connectivity index (χ0) is 26.0. The predicted molar refractivity (Wildman–Crippen MR) is 143 cm³/mol. The van der Waals surface area contributed by atoms with E-state index >= 15 is 0 Å². The molecule has 0 bridgehead atoms. The van der Waals surface area contributed by atoms with Gasteiger partial charge < -0.3 is 14.2 Å². The van der Waals surface area contributed by atoms with Crippen molar-refractivity contribution in [3.8, 4) is 0 Å². The fraction of sp³-hybridized carbons (Fsp3) is 1.00. The Hall–Kier alpha value is -0.120. The molecule has 3 heteroatoms. The van der Waals surface area contributed by atoms with E-state index in [1.54, 1.807) is 0 Å². The maximum Gasteiger partial charge on any atom is 0.0892 e. The van der Waals surface area contributed by atoms with E-state index in [2.05, 4.69) is 104 Å². The highest BCUT2D eigenvalue weighted by Crippen LogP contribution is 2.41. The largest absolute Gasteiger partial charge is 0.373 e. The van der Waals surface area contributed by atoms with Crippen LogP contribution in [0.1, 0.15) is 123 Å². The van der Waals surface area contributed by atoms with Gasteiger partial charge in [0.1, 0.15) is 0 Å². The highest BCUT2D eigenvalue weighted by atomic mass is 16.6. The summed E-state index contributed by atoms with van der Waals surface area (Å²) >= 11 is 0. The molecule has 0 amide bonds. The van der Waals surface area contributed by atoms with Gasteiger partial charge in [0.25, 0.3) is 0 Å². The summed E-state index contributed by atoms with van der Waals surface area (Å²) in [5.74, 6) is 1.78. The minimum Gasteiger partial charge on any atom is -0.373 e. The van der Waals surface area contributed by atoms with Crippen LogP contribution >= 0.6 is 0 Å². The summed E-state index contributed by atoms with van der Waals surface area (Å²) in [6.07, 6.45) is 7.04. The Balaban J connectivity index is 0.000000222. The van der Waals surface area contributed by atoms with Crippen LogP contribution in [0.25, 0.3) is 0 Å². The van der Waals surface area contributed by atoms with Crippen molar-refractivity contribution in [1.82, 2.24) is 0 Å². The Morgan fingerprint density at radius 2 is 1.12 bits per heavy atom. The quantitative estimate of drug-likeness (QED) is 0.381. The first-order valence-corrected chi connectivity index (χ1v) is 13.6. The third-order valence-corrected chi connectivity index (χ3v) is 6.50. The lowest BCUT2D eigenvalue weighted by Gasteiger charge is -2.16. The third kappa shape index (κ3) is 14.1. The van der Waals surface area contributed by atoms with E-state index in [0.29, 0.717) is 58.1 Å². The zero-order valence-electron chi connectivity index (χ0n) is 25.1. The first kappa shape index (κ1) is 30.9. The number of ether oxygens (including phenoxy) is 3. The van der Waals surface area contributed by atoms with Gasteiger partial charge in [0.15, 0.2) is 0 Å². The topological polar surface area (TPSA) is 37.6 Å². The molecule has 0 radical (unpaired) electrons. The third-order valence-electron chi connectivity index (χ3n) is 6.50. The molecule has 3 saturated heterocycles. The van der Waals surface area contributed by atoms with Crippen molar-refractivity contribution in [1.29, 1.82) is 0 Å². The van der Waals surface area contributed by atoms with E-state index in [9.17, 15) is 0 Å². The molecule has 0 spiro atoms. The molecule has 3 nitrogen and oxygen atoms in total. The molecule has 5 atom stereocenters. The molecular weight excluding hydrogens is 408 g/mol. The van der Waals surface area contributed by atoms with E-state index in [-0.39, 0.29) is 0 Å². The van der Waals surface area contributed by atoms with Crippen LogP contribution in [0.3, 0.4) is 0 Å². The van der Waals surface area contributed by atoms with Gasteiger partial charge in [-0.25, -0.2) is 0 Å². The monoisotopic (exact) mass is 468 g/mol. The molecule has 0 aromatic carbocycles. The molecule has 1 aliphatic carbocycles. The van der Waals surface area contributed by atoms with Gasteiger partial charge in [-0.3, -0.25) is 0 Å². The maximum absolute atomic E-state index is 5.54. The van der Waals surface area contributed by atoms with Crippen molar-refractivity contribution >= 4 is 0 Å². The highest BCUT2D eigenvalue weighted by Gasteiger charge is 2.48. The molecule has 0 aromatic heterocycles. The van der Waals surface area contributed by atoms with E-state index in [0.717, 1.165) is 12.5 Å². The standard InChI is InChI=1S/C9H18O.C8H16.C7H14O.C6H12O/c1-6(2)7-8(10-7)9(3,4)5;1-8(2,3)6-7-4-5-7;1-5-6(8-5)7(2,3)4;1-6(2,3)5-4-7-5/h6-8H,1-5H3;7H,4-6H2,1-3H3;5-6H,1-4H3;5H,4H2,1-3H3. The summed E-state index contributed by atoms with van der Waals surface area (Å²) in [5, 5.41) is 0. The zero-order valence-corrected chi connectivity index (χ0v) is 25.1. The molecule has 33 heavy (non-hydrogen) atoms. The van der Waals surface area contributed by atoms with Crippen LogP contribution < -0.4 is 0 Å². The second kappa shape index (κ2) is 11.3. The van der Waals surface area contributed by atoms with Gasteiger partial charge in [0.2, 0.25) is 0 Å². The number of hydrogen-bond donors (Lipinski definition) is 0. The Morgan fingerprint density at radius 3 is 1.18 bits per heavy atom. The van der Waals surface area contributed by atoms with Gasteiger partial charge in [0, 0.05) is 0 Å². The van der Waals surface area contributed by atoms with E-state index < -0.39 is 0 Å². The SMILES string of the molecule is CC(C)(C)C1CO1.CC(C)(C)CC1CC1.CC(C)C1OC1C(C)(C)C.CC1OC1C(C)(C)C.